The molecule has 0 aliphatic heterocycles. The Morgan fingerprint density at radius 2 is 1.41 bits per heavy atom. The summed E-state index contributed by atoms with van der Waals surface area (Å²) in [6.45, 7) is 9.73. The van der Waals surface area contributed by atoms with Crippen LogP contribution >= 0.6 is 0 Å². The van der Waals surface area contributed by atoms with Crippen molar-refractivity contribution in [3.63, 3.8) is 0 Å². The summed E-state index contributed by atoms with van der Waals surface area (Å²) in [7, 11) is -4.10. The number of rotatable bonds is 12. The zero-order valence-electron chi connectivity index (χ0n) is 32.6. The van der Waals surface area contributed by atoms with E-state index in [1.54, 1.807) is 0 Å². The number of nitrogens with one attached hydrogen (secondary N) is 1. The van der Waals surface area contributed by atoms with Gasteiger partial charge < -0.3 is 15.2 Å². The van der Waals surface area contributed by atoms with E-state index in [0.29, 0.717) is 30.1 Å². The lowest BCUT2D eigenvalue weighted by molar-refractivity contribution is -0.230. The molecule has 7 nitrogen and oxygen atoms in total. The highest BCUT2D eigenvalue weighted by Gasteiger charge is 2.68. The molecule has 0 spiro atoms. The molecular weight excluding hydrogens is 695 g/mol. The SMILES string of the molecule is C[C@H](CCC(=O)NCCS(=O)(=O)O)[C@H]1CC[C@H]2[C@@H]3[C@@H](O)CC4C[C@H](OC(c5ccccc5)(c5ccccc5)c5ccccc5)CC[C@]4(C)[C@@]3(C)CC[C@]12C. The second-order valence-corrected chi connectivity index (χ2v) is 19.7. The lowest BCUT2D eigenvalue weighted by Crippen LogP contribution is -2.64. The molecule has 7 rings (SSSR count). The molecule has 4 fully saturated rings. The Hall–Kier alpha value is -3.04. The van der Waals surface area contributed by atoms with E-state index in [-0.39, 0.29) is 46.8 Å². The Morgan fingerprint density at radius 1 is 0.833 bits per heavy atom. The van der Waals surface area contributed by atoms with Gasteiger partial charge in [0.05, 0.1) is 18.0 Å². The summed E-state index contributed by atoms with van der Waals surface area (Å²) in [5, 5.41) is 15.0. The number of benzene rings is 3. The fraction of sp³-hybridized carbons (Fsp3) is 0.587. The fourth-order valence-electron chi connectivity index (χ4n) is 12.6. The van der Waals surface area contributed by atoms with Crippen LogP contribution in [0.5, 0.6) is 0 Å². The van der Waals surface area contributed by atoms with Gasteiger partial charge in [-0.1, -0.05) is 119 Å². The first-order valence-corrected chi connectivity index (χ1v) is 22.1. The van der Waals surface area contributed by atoms with Crippen LogP contribution < -0.4 is 5.32 Å². The number of hydrogen-bond acceptors (Lipinski definition) is 5. The van der Waals surface area contributed by atoms with Crippen LogP contribution in [0.3, 0.4) is 0 Å². The molecule has 3 aromatic rings. The lowest BCUT2D eigenvalue weighted by atomic mass is 9.37. The molecule has 1 unspecified atom stereocenters. The number of carbonyl (C=O) groups excluding carboxylic acids is 1. The van der Waals surface area contributed by atoms with Crippen molar-refractivity contribution in [3.05, 3.63) is 108 Å². The van der Waals surface area contributed by atoms with Crippen LogP contribution in [0.25, 0.3) is 0 Å². The Bertz CT molecular complexity index is 1760. The average Bonchev–Trinajstić information content (AvgIpc) is 3.51. The molecule has 54 heavy (non-hydrogen) atoms. The Morgan fingerprint density at radius 3 is 1.96 bits per heavy atom. The Labute approximate surface area is 323 Å². The van der Waals surface area contributed by atoms with E-state index in [4.69, 9.17) is 9.29 Å². The summed E-state index contributed by atoms with van der Waals surface area (Å²) < 4.78 is 38.7. The smallest absolute Gasteiger partial charge is 0.266 e. The summed E-state index contributed by atoms with van der Waals surface area (Å²) in [6.07, 6.45) is 9.01. The van der Waals surface area contributed by atoms with Crippen molar-refractivity contribution >= 4 is 16.0 Å². The average molecular weight is 756 g/mol. The number of amides is 1. The molecule has 0 aromatic heterocycles. The quantitative estimate of drug-likeness (QED) is 0.126. The van der Waals surface area contributed by atoms with Crippen molar-refractivity contribution in [1.82, 2.24) is 5.32 Å². The number of carbonyl (C=O) groups is 1. The van der Waals surface area contributed by atoms with Crippen LogP contribution in [0.4, 0.5) is 0 Å². The summed E-state index contributed by atoms with van der Waals surface area (Å²) in [6, 6.07) is 32.0. The highest BCUT2D eigenvalue weighted by molar-refractivity contribution is 7.85. The molecule has 4 saturated carbocycles. The van der Waals surface area contributed by atoms with Crippen molar-refractivity contribution in [3.8, 4) is 0 Å². The Balaban J connectivity index is 1.09. The van der Waals surface area contributed by atoms with Crippen molar-refractivity contribution in [2.24, 2.45) is 45.8 Å². The molecule has 3 aromatic carbocycles. The van der Waals surface area contributed by atoms with Gasteiger partial charge in [-0.3, -0.25) is 9.35 Å². The summed E-state index contributed by atoms with van der Waals surface area (Å²) in [5.41, 5.74) is 2.84. The number of aliphatic hydroxyl groups is 1. The van der Waals surface area contributed by atoms with E-state index < -0.39 is 21.5 Å². The first kappa shape index (κ1) is 39.2. The summed E-state index contributed by atoms with van der Waals surface area (Å²) >= 11 is 0. The molecule has 8 heteroatoms. The van der Waals surface area contributed by atoms with Gasteiger partial charge in [0.1, 0.15) is 5.60 Å². The molecule has 0 saturated heterocycles. The second kappa shape index (κ2) is 15.1. The number of hydrogen-bond donors (Lipinski definition) is 3. The van der Waals surface area contributed by atoms with E-state index in [9.17, 15) is 18.3 Å². The van der Waals surface area contributed by atoms with Crippen molar-refractivity contribution in [1.29, 1.82) is 0 Å². The van der Waals surface area contributed by atoms with Crippen LogP contribution in [0, 0.1) is 45.8 Å². The van der Waals surface area contributed by atoms with Gasteiger partial charge in [-0.25, -0.2) is 0 Å². The van der Waals surface area contributed by atoms with E-state index in [1.807, 2.05) is 0 Å². The van der Waals surface area contributed by atoms with Crippen molar-refractivity contribution in [2.75, 3.05) is 12.3 Å². The van der Waals surface area contributed by atoms with Gasteiger partial charge in [0.25, 0.3) is 10.1 Å². The fourth-order valence-corrected chi connectivity index (χ4v) is 13.0. The zero-order valence-corrected chi connectivity index (χ0v) is 33.4. The van der Waals surface area contributed by atoms with E-state index >= 15 is 0 Å². The highest BCUT2D eigenvalue weighted by atomic mass is 32.2. The molecule has 0 heterocycles. The third kappa shape index (κ3) is 6.99. The van der Waals surface area contributed by atoms with Gasteiger partial charge in [-0.15, -0.1) is 0 Å². The van der Waals surface area contributed by atoms with E-state index in [1.165, 1.54) is 0 Å². The maximum atomic E-state index is 12.5. The maximum Gasteiger partial charge on any atom is 0.266 e. The summed E-state index contributed by atoms with van der Waals surface area (Å²) in [5.74, 6) is 1.21. The minimum absolute atomic E-state index is 0.0188. The van der Waals surface area contributed by atoms with Crippen molar-refractivity contribution < 1.29 is 27.6 Å². The maximum absolute atomic E-state index is 12.5. The molecule has 4 aliphatic rings. The minimum atomic E-state index is -4.10. The monoisotopic (exact) mass is 755 g/mol. The Kier molecular flexibility index (Phi) is 11.0. The van der Waals surface area contributed by atoms with Gasteiger partial charge in [-0.2, -0.15) is 8.42 Å². The molecule has 0 radical (unpaired) electrons. The molecular formula is C46H61NO6S. The predicted octanol–water partition coefficient (Wildman–Crippen LogP) is 8.80. The topological polar surface area (TPSA) is 113 Å². The van der Waals surface area contributed by atoms with E-state index in [0.717, 1.165) is 74.5 Å². The summed E-state index contributed by atoms with van der Waals surface area (Å²) in [4.78, 5) is 12.5. The second-order valence-electron chi connectivity index (χ2n) is 18.1. The van der Waals surface area contributed by atoms with Gasteiger partial charge in [0.15, 0.2) is 0 Å². The number of aliphatic hydroxyl groups excluding tert-OH is 1. The van der Waals surface area contributed by atoms with Crippen LogP contribution in [-0.2, 0) is 25.3 Å². The molecule has 0 bridgehead atoms. The minimum Gasteiger partial charge on any atom is -0.393 e. The van der Waals surface area contributed by atoms with Crippen LogP contribution in [-0.4, -0.2) is 48.5 Å². The number of fused-ring (bicyclic) bond motifs is 5. The highest BCUT2D eigenvalue weighted by Crippen LogP contribution is 2.73. The standard InChI is InChI=1S/C46H61NO6S/c1-32(20-23-41(49)47-28-29-54(50,51)52)38-21-22-39-42-40(48)31-36-30-37(24-25-44(36,3)45(42,4)27-26-43(38,39)2)53-46(33-14-8-5-9-15-33,34-16-10-6-11-17-34)35-18-12-7-13-19-35/h5-19,32,36-40,42,48H,20-31H2,1-4H3,(H,47,49)(H,50,51,52)/t32-,36?,37-,38-,39+,40+,42-,43-,44+,45+/m1/s1. The molecule has 3 N–H and O–H groups in total. The third-order valence-electron chi connectivity index (χ3n) is 15.6. The molecule has 1 amide bonds. The molecule has 10 atom stereocenters. The lowest BCUT2D eigenvalue weighted by Gasteiger charge is -2.68. The van der Waals surface area contributed by atoms with Crippen LogP contribution in [0.15, 0.2) is 91.0 Å². The van der Waals surface area contributed by atoms with Crippen molar-refractivity contribution in [2.45, 2.75) is 110 Å². The van der Waals surface area contributed by atoms with E-state index in [2.05, 4.69) is 124 Å². The number of ether oxygens (including phenoxy) is 1. The largest absolute Gasteiger partial charge is 0.393 e. The molecule has 292 valence electrons. The first-order valence-electron chi connectivity index (χ1n) is 20.5. The normalized spacial score (nSPS) is 34.3. The van der Waals surface area contributed by atoms with Gasteiger partial charge >= 0.3 is 0 Å². The first-order chi connectivity index (χ1) is 25.7. The van der Waals surface area contributed by atoms with Gasteiger partial charge in [0.2, 0.25) is 5.91 Å². The zero-order chi connectivity index (χ0) is 38.4. The van der Waals surface area contributed by atoms with Crippen LogP contribution in [0.2, 0.25) is 0 Å². The third-order valence-corrected chi connectivity index (χ3v) is 16.3. The van der Waals surface area contributed by atoms with Crippen LogP contribution in [0.1, 0.15) is 109 Å². The molecule has 4 aliphatic carbocycles. The van der Waals surface area contributed by atoms with Gasteiger partial charge in [-0.05, 0) is 120 Å². The van der Waals surface area contributed by atoms with Gasteiger partial charge in [0, 0.05) is 13.0 Å². The predicted molar refractivity (Wildman–Crippen MR) is 213 cm³/mol.